The Labute approximate surface area is 187 Å². The third-order valence-electron chi connectivity index (χ3n) is 4.26. The van der Waals surface area contributed by atoms with Crippen LogP contribution in [0.1, 0.15) is 12.5 Å². The summed E-state index contributed by atoms with van der Waals surface area (Å²) in [7, 11) is -3.66. The number of thioether (sulfide) groups is 1. The van der Waals surface area contributed by atoms with Gasteiger partial charge in [-0.3, -0.25) is 9.52 Å². The number of carbonyl (C=O) groups excluding carboxylic acids is 1. The fraction of sp³-hybridized carbons (Fsp3) is 0.174. The molecule has 0 aliphatic rings. The maximum absolute atomic E-state index is 12.5. The Kier molecular flexibility index (Phi) is 7.59. The van der Waals surface area contributed by atoms with Crippen molar-refractivity contribution in [1.82, 2.24) is 0 Å². The molecule has 31 heavy (non-hydrogen) atoms. The van der Waals surface area contributed by atoms with Crippen LogP contribution >= 0.6 is 11.8 Å². The van der Waals surface area contributed by atoms with Gasteiger partial charge in [0.25, 0.3) is 10.0 Å². The van der Waals surface area contributed by atoms with Crippen LogP contribution in [0.5, 0.6) is 5.75 Å². The molecule has 8 heteroatoms. The van der Waals surface area contributed by atoms with Gasteiger partial charge in [-0.25, -0.2) is 8.42 Å². The third kappa shape index (κ3) is 6.77. The number of rotatable bonds is 9. The second-order valence-corrected chi connectivity index (χ2v) is 9.47. The SMILES string of the molecule is CCOc1ccc(SCC(=O)Nc2ccc(NS(=O)(=O)c3ccc(C)cc3)cc2)cc1. The molecule has 0 fully saturated rings. The largest absolute Gasteiger partial charge is 0.494 e. The molecule has 0 radical (unpaired) electrons. The number of nitrogens with one attached hydrogen (secondary N) is 2. The van der Waals surface area contributed by atoms with Crippen LogP contribution in [0.3, 0.4) is 0 Å². The lowest BCUT2D eigenvalue weighted by molar-refractivity contribution is -0.113. The summed E-state index contributed by atoms with van der Waals surface area (Å²) in [6, 6.07) is 20.7. The Bertz CT molecular complexity index is 1110. The Hall–Kier alpha value is -2.97. The van der Waals surface area contributed by atoms with Gasteiger partial charge in [-0.05, 0) is 74.5 Å². The predicted octanol–water partition coefficient (Wildman–Crippen LogP) is 4.93. The zero-order chi connectivity index (χ0) is 22.3. The first-order chi connectivity index (χ1) is 14.9. The zero-order valence-electron chi connectivity index (χ0n) is 17.3. The van der Waals surface area contributed by atoms with Gasteiger partial charge in [-0.15, -0.1) is 11.8 Å². The minimum absolute atomic E-state index is 0.146. The van der Waals surface area contributed by atoms with Gasteiger partial charge >= 0.3 is 0 Å². The highest BCUT2D eigenvalue weighted by molar-refractivity contribution is 8.00. The molecule has 0 aliphatic heterocycles. The fourth-order valence-corrected chi connectivity index (χ4v) is 4.45. The monoisotopic (exact) mass is 456 g/mol. The van der Waals surface area contributed by atoms with Crippen LogP contribution in [0, 0.1) is 6.92 Å². The van der Waals surface area contributed by atoms with E-state index in [0.717, 1.165) is 16.2 Å². The molecule has 0 spiro atoms. The molecule has 0 unspecified atom stereocenters. The van der Waals surface area contributed by atoms with Crippen LogP contribution in [0.4, 0.5) is 11.4 Å². The number of benzene rings is 3. The summed E-state index contributed by atoms with van der Waals surface area (Å²) >= 11 is 1.42. The number of carbonyl (C=O) groups is 1. The van der Waals surface area contributed by atoms with Crippen LogP contribution in [0.2, 0.25) is 0 Å². The molecule has 162 valence electrons. The Balaban J connectivity index is 1.52. The number of hydrogen-bond acceptors (Lipinski definition) is 5. The van der Waals surface area contributed by atoms with Crippen LogP contribution in [0.25, 0.3) is 0 Å². The summed E-state index contributed by atoms with van der Waals surface area (Å²) in [5, 5.41) is 2.81. The molecular weight excluding hydrogens is 432 g/mol. The first-order valence-corrected chi connectivity index (χ1v) is 12.2. The normalized spacial score (nSPS) is 11.0. The molecule has 6 nitrogen and oxygen atoms in total. The molecule has 0 saturated carbocycles. The van der Waals surface area contributed by atoms with Crippen molar-refractivity contribution in [2.45, 2.75) is 23.6 Å². The Morgan fingerprint density at radius 1 is 0.903 bits per heavy atom. The van der Waals surface area contributed by atoms with Gasteiger partial charge in [0.1, 0.15) is 5.75 Å². The lowest BCUT2D eigenvalue weighted by Gasteiger charge is -2.10. The standard InChI is InChI=1S/C23H24N2O4S2/c1-3-29-20-10-12-21(13-11-20)30-16-23(26)24-18-6-8-19(9-7-18)25-31(27,28)22-14-4-17(2)5-15-22/h4-15,25H,3,16H2,1-2H3,(H,24,26). The van der Waals surface area contributed by atoms with Crippen LogP contribution in [0.15, 0.2) is 82.6 Å². The van der Waals surface area contributed by atoms with E-state index in [4.69, 9.17) is 4.74 Å². The predicted molar refractivity (Wildman–Crippen MR) is 125 cm³/mol. The van der Waals surface area contributed by atoms with E-state index < -0.39 is 10.0 Å². The van der Waals surface area contributed by atoms with Gasteiger partial charge in [0, 0.05) is 16.3 Å². The van der Waals surface area contributed by atoms with Gasteiger partial charge in [0.05, 0.1) is 17.3 Å². The molecular formula is C23H24N2O4S2. The molecule has 1 amide bonds. The highest BCUT2D eigenvalue weighted by Gasteiger charge is 2.14. The molecule has 0 saturated heterocycles. The molecule has 0 aliphatic carbocycles. The topological polar surface area (TPSA) is 84.5 Å². The second kappa shape index (κ2) is 10.4. The van der Waals surface area contributed by atoms with Crippen molar-refractivity contribution in [2.24, 2.45) is 0 Å². The molecule has 0 aromatic heterocycles. The number of hydrogen-bond donors (Lipinski definition) is 2. The lowest BCUT2D eigenvalue weighted by Crippen LogP contribution is -2.15. The fourth-order valence-electron chi connectivity index (χ4n) is 2.70. The van der Waals surface area contributed by atoms with Crippen molar-refractivity contribution < 1.29 is 17.9 Å². The van der Waals surface area contributed by atoms with Crippen molar-refractivity contribution in [3.05, 3.63) is 78.4 Å². The molecule has 2 N–H and O–H groups in total. The molecule has 3 rings (SSSR count). The molecule has 0 bridgehead atoms. The van der Waals surface area contributed by atoms with E-state index in [1.807, 2.05) is 38.1 Å². The number of ether oxygens (including phenoxy) is 1. The van der Waals surface area contributed by atoms with Crippen LogP contribution < -0.4 is 14.8 Å². The van der Waals surface area contributed by atoms with E-state index in [2.05, 4.69) is 10.0 Å². The average Bonchev–Trinajstić information content (AvgIpc) is 2.75. The highest BCUT2D eigenvalue weighted by Crippen LogP contribution is 2.22. The highest BCUT2D eigenvalue weighted by atomic mass is 32.2. The second-order valence-electron chi connectivity index (χ2n) is 6.74. The van der Waals surface area contributed by atoms with Crippen LogP contribution in [-0.4, -0.2) is 26.7 Å². The van der Waals surface area contributed by atoms with Gasteiger partial charge in [-0.2, -0.15) is 0 Å². The number of sulfonamides is 1. The summed E-state index contributed by atoms with van der Waals surface area (Å²) in [5.41, 5.74) is 2.00. The molecule has 0 heterocycles. The minimum atomic E-state index is -3.66. The average molecular weight is 457 g/mol. The number of amides is 1. The zero-order valence-corrected chi connectivity index (χ0v) is 18.9. The van der Waals surface area contributed by atoms with Crippen molar-refractivity contribution in [3.8, 4) is 5.75 Å². The Morgan fingerprint density at radius 2 is 1.52 bits per heavy atom. The van der Waals surface area contributed by atoms with Crippen molar-refractivity contribution in [3.63, 3.8) is 0 Å². The van der Waals surface area contributed by atoms with E-state index in [9.17, 15) is 13.2 Å². The van der Waals surface area contributed by atoms with Crippen LogP contribution in [-0.2, 0) is 14.8 Å². The first-order valence-electron chi connectivity index (χ1n) is 9.71. The van der Waals surface area contributed by atoms with E-state index in [-0.39, 0.29) is 16.6 Å². The van der Waals surface area contributed by atoms with Gasteiger partial charge < -0.3 is 10.1 Å². The summed E-state index contributed by atoms with van der Waals surface area (Å²) in [6.45, 7) is 4.44. The molecule has 3 aromatic rings. The van der Waals surface area contributed by atoms with E-state index in [0.29, 0.717) is 18.0 Å². The summed E-state index contributed by atoms with van der Waals surface area (Å²) in [5.74, 6) is 0.914. The third-order valence-corrected chi connectivity index (χ3v) is 6.67. The number of anilines is 2. The first kappa shape index (κ1) is 22.7. The van der Waals surface area contributed by atoms with E-state index in [1.54, 1.807) is 48.5 Å². The summed E-state index contributed by atoms with van der Waals surface area (Å²) in [6.07, 6.45) is 0. The molecule has 0 atom stereocenters. The quantitative estimate of drug-likeness (QED) is 0.446. The maximum Gasteiger partial charge on any atom is 0.261 e. The van der Waals surface area contributed by atoms with Gasteiger partial charge in [0.2, 0.25) is 5.91 Å². The van der Waals surface area contributed by atoms with Gasteiger partial charge in [-0.1, -0.05) is 17.7 Å². The maximum atomic E-state index is 12.5. The Morgan fingerprint density at radius 3 is 2.13 bits per heavy atom. The summed E-state index contributed by atoms with van der Waals surface area (Å²) < 4.78 is 32.9. The van der Waals surface area contributed by atoms with Crippen molar-refractivity contribution in [2.75, 3.05) is 22.4 Å². The molecule has 3 aromatic carbocycles. The van der Waals surface area contributed by atoms with Crippen molar-refractivity contribution in [1.29, 1.82) is 0 Å². The van der Waals surface area contributed by atoms with Crippen molar-refractivity contribution >= 4 is 39.1 Å². The van der Waals surface area contributed by atoms with E-state index in [1.165, 1.54) is 11.8 Å². The number of aryl methyl sites for hydroxylation is 1. The summed E-state index contributed by atoms with van der Waals surface area (Å²) in [4.78, 5) is 13.4. The van der Waals surface area contributed by atoms with E-state index >= 15 is 0 Å². The minimum Gasteiger partial charge on any atom is -0.494 e. The lowest BCUT2D eigenvalue weighted by atomic mass is 10.2. The van der Waals surface area contributed by atoms with Gasteiger partial charge in [0.15, 0.2) is 0 Å². The smallest absolute Gasteiger partial charge is 0.261 e.